The maximum Gasteiger partial charge on any atom is 0.341 e. The van der Waals surface area contributed by atoms with E-state index < -0.39 is 22.8 Å². The van der Waals surface area contributed by atoms with E-state index in [0.29, 0.717) is 44.3 Å². The van der Waals surface area contributed by atoms with E-state index >= 15 is 4.39 Å². The molecule has 0 unspecified atom stereocenters. The summed E-state index contributed by atoms with van der Waals surface area (Å²) in [6, 6.07) is 0. The Hall–Kier alpha value is -3.18. The van der Waals surface area contributed by atoms with Gasteiger partial charge in [0.25, 0.3) is 0 Å². The fourth-order valence-corrected chi connectivity index (χ4v) is 4.49. The lowest BCUT2D eigenvalue weighted by Crippen LogP contribution is -2.51. The number of halogens is 1. The topological polar surface area (TPSA) is 115 Å². The molecule has 0 bridgehead atoms. The van der Waals surface area contributed by atoms with E-state index in [1.165, 1.54) is 29.0 Å². The lowest BCUT2D eigenvalue weighted by atomic mass is 9.92. The number of hydrogen-bond acceptors (Lipinski definition) is 8. The summed E-state index contributed by atoms with van der Waals surface area (Å²) in [6.45, 7) is 5.13. The number of hydrogen-bond donors (Lipinski definition) is 1. The molecule has 0 atom stereocenters. The zero-order valence-electron chi connectivity index (χ0n) is 18.2. The molecule has 0 aliphatic carbocycles. The van der Waals surface area contributed by atoms with Crippen molar-refractivity contribution in [2.45, 2.75) is 26.7 Å². The third-order valence-corrected chi connectivity index (χ3v) is 6.47. The minimum atomic E-state index is -1.41. The third kappa shape index (κ3) is 4.25. The molecule has 4 rings (SSSR count). The maximum absolute atomic E-state index is 15.3. The molecule has 9 nitrogen and oxygen atoms in total. The van der Waals surface area contributed by atoms with Gasteiger partial charge in [0.05, 0.1) is 11.3 Å². The first-order valence-corrected chi connectivity index (χ1v) is 11.5. The largest absolute Gasteiger partial charge is 0.477 e. The first-order chi connectivity index (χ1) is 15.8. The number of ketones is 1. The van der Waals surface area contributed by atoms with Gasteiger partial charge in [-0.3, -0.25) is 14.2 Å². The highest BCUT2D eigenvalue weighted by atomic mass is 32.1. The molecule has 1 fully saturated rings. The van der Waals surface area contributed by atoms with Crippen molar-refractivity contribution in [3.8, 4) is 5.13 Å². The number of aromatic nitrogens is 3. The van der Waals surface area contributed by atoms with Crippen molar-refractivity contribution in [3.05, 3.63) is 44.9 Å². The Morgan fingerprint density at radius 2 is 2.12 bits per heavy atom. The summed E-state index contributed by atoms with van der Waals surface area (Å²) >= 11 is 1.23. The molecule has 33 heavy (non-hydrogen) atoms. The number of carboxylic acid groups (broad SMARTS) is 1. The van der Waals surface area contributed by atoms with Crippen LogP contribution in [0.4, 0.5) is 10.2 Å². The van der Waals surface area contributed by atoms with Crippen LogP contribution in [0.3, 0.4) is 0 Å². The van der Waals surface area contributed by atoms with E-state index in [4.69, 9.17) is 4.74 Å². The van der Waals surface area contributed by atoms with E-state index in [2.05, 4.69) is 9.97 Å². The summed E-state index contributed by atoms with van der Waals surface area (Å²) in [5.74, 6) is -2.18. The number of ether oxygens (including phenoxy) is 1. The molecule has 1 N–H and O–H groups in total. The minimum Gasteiger partial charge on any atom is -0.477 e. The maximum atomic E-state index is 15.3. The first-order valence-electron chi connectivity index (χ1n) is 10.6. The van der Waals surface area contributed by atoms with Crippen molar-refractivity contribution in [2.75, 3.05) is 31.2 Å². The van der Waals surface area contributed by atoms with Gasteiger partial charge in [-0.2, -0.15) is 0 Å². The average molecular weight is 475 g/mol. The molecule has 174 valence electrons. The second-order valence-electron chi connectivity index (χ2n) is 7.80. The number of thiazole rings is 1. The standard InChI is InChI=1S/C22H23FN4O5S/c1-3-32-7-4-5-15(28)13-9-26(10-13)20-17(23)12(2)16-18(29)14(21(30)31)11-27(19(16)25-20)22-24-6-8-33-22/h6,8,11,13H,3-5,7,9-10H2,1-2H3,(H,30,31). The Morgan fingerprint density at radius 3 is 2.76 bits per heavy atom. The zero-order valence-corrected chi connectivity index (χ0v) is 19.0. The summed E-state index contributed by atoms with van der Waals surface area (Å²) in [5.41, 5.74) is -1.15. The van der Waals surface area contributed by atoms with Crippen LogP contribution in [-0.2, 0) is 9.53 Å². The summed E-state index contributed by atoms with van der Waals surface area (Å²) in [4.78, 5) is 47.1. The van der Waals surface area contributed by atoms with Crippen LogP contribution in [0.2, 0.25) is 0 Å². The highest BCUT2D eigenvalue weighted by Crippen LogP contribution is 2.32. The molecule has 4 heterocycles. The second-order valence-corrected chi connectivity index (χ2v) is 8.68. The number of anilines is 1. The van der Waals surface area contributed by atoms with Gasteiger partial charge in [0, 0.05) is 56.1 Å². The van der Waals surface area contributed by atoms with Crippen LogP contribution in [0.5, 0.6) is 0 Å². The third-order valence-electron chi connectivity index (χ3n) is 5.70. The van der Waals surface area contributed by atoms with Gasteiger partial charge < -0.3 is 14.7 Å². The summed E-state index contributed by atoms with van der Waals surface area (Å²) in [5, 5.41) is 11.5. The Balaban J connectivity index is 1.69. The van der Waals surface area contributed by atoms with Crippen molar-refractivity contribution in [2.24, 2.45) is 5.92 Å². The first kappa shape index (κ1) is 23.0. The fraction of sp³-hybridized carbons (Fsp3) is 0.409. The molecule has 3 aromatic heterocycles. The Kier molecular flexibility index (Phi) is 6.52. The highest BCUT2D eigenvalue weighted by molar-refractivity contribution is 7.12. The van der Waals surface area contributed by atoms with Crippen molar-refractivity contribution in [1.82, 2.24) is 14.5 Å². The predicted molar refractivity (Wildman–Crippen MR) is 121 cm³/mol. The van der Waals surface area contributed by atoms with Gasteiger partial charge in [-0.05, 0) is 20.3 Å². The number of aryl methyl sites for hydroxylation is 1. The highest BCUT2D eigenvalue weighted by Gasteiger charge is 2.35. The number of Topliss-reactive ketones (excluding diaryl/α,β-unsaturated/α-hetero) is 1. The van der Waals surface area contributed by atoms with Gasteiger partial charge in [0.15, 0.2) is 22.4 Å². The molecular weight excluding hydrogens is 451 g/mol. The van der Waals surface area contributed by atoms with Crippen LogP contribution in [0.15, 0.2) is 22.6 Å². The van der Waals surface area contributed by atoms with E-state index in [0.717, 1.165) is 0 Å². The van der Waals surface area contributed by atoms with Gasteiger partial charge in [0.1, 0.15) is 11.3 Å². The van der Waals surface area contributed by atoms with Gasteiger partial charge >= 0.3 is 5.97 Å². The lowest BCUT2D eigenvalue weighted by molar-refractivity contribution is -0.123. The number of rotatable bonds is 9. The summed E-state index contributed by atoms with van der Waals surface area (Å²) in [7, 11) is 0. The molecule has 11 heteroatoms. The van der Waals surface area contributed by atoms with E-state index in [1.807, 2.05) is 6.92 Å². The van der Waals surface area contributed by atoms with E-state index in [-0.39, 0.29) is 34.1 Å². The smallest absolute Gasteiger partial charge is 0.341 e. The molecule has 1 saturated heterocycles. The molecule has 0 spiro atoms. The number of nitrogens with zero attached hydrogens (tertiary/aromatic N) is 4. The summed E-state index contributed by atoms with van der Waals surface area (Å²) in [6.07, 6.45) is 3.77. The van der Waals surface area contributed by atoms with E-state index in [1.54, 1.807) is 16.5 Å². The number of carbonyl (C=O) groups is 2. The van der Waals surface area contributed by atoms with Crippen LogP contribution in [-0.4, -0.2) is 57.7 Å². The van der Waals surface area contributed by atoms with Crippen LogP contribution in [0.1, 0.15) is 35.7 Å². The number of carbonyl (C=O) groups excluding carboxylic acids is 1. The van der Waals surface area contributed by atoms with Gasteiger partial charge in [-0.15, -0.1) is 11.3 Å². The monoisotopic (exact) mass is 474 g/mol. The molecule has 3 aromatic rings. The lowest BCUT2D eigenvalue weighted by Gasteiger charge is -2.39. The molecule has 0 amide bonds. The second kappa shape index (κ2) is 9.36. The number of pyridine rings is 2. The predicted octanol–water partition coefficient (Wildman–Crippen LogP) is 2.81. The quantitative estimate of drug-likeness (QED) is 0.471. The van der Waals surface area contributed by atoms with Gasteiger partial charge in [-0.1, -0.05) is 0 Å². The molecule has 1 aliphatic heterocycles. The van der Waals surface area contributed by atoms with Crippen molar-refractivity contribution in [3.63, 3.8) is 0 Å². The molecule has 0 radical (unpaired) electrons. The van der Waals surface area contributed by atoms with Gasteiger partial charge in [0.2, 0.25) is 5.43 Å². The Labute approximate surface area is 192 Å². The molecule has 0 saturated carbocycles. The average Bonchev–Trinajstić information content (AvgIpc) is 3.28. The Morgan fingerprint density at radius 1 is 1.36 bits per heavy atom. The van der Waals surface area contributed by atoms with Crippen molar-refractivity contribution in [1.29, 1.82) is 0 Å². The zero-order chi connectivity index (χ0) is 23.7. The number of fused-ring (bicyclic) bond motifs is 1. The number of carboxylic acids is 1. The van der Waals surface area contributed by atoms with Crippen LogP contribution in [0, 0.1) is 18.7 Å². The van der Waals surface area contributed by atoms with Crippen LogP contribution >= 0.6 is 11.3 Å². The van der Waals surface area contributed by atoms with Crippen LogP contribution < -0.4 is 10.3 Å². The molecule has 1 aliphatic rings. The molecular formula is C22H23FN4O5S. The molecule has 0 aromatic carbocycles. The normalized spacial score (nSPS) is 14.0. The van der Waals surface area contributed by atoms with Gasteiger partial charge in [-0.25, -0.2) is 19.2 Å². The summed E-state index contributed by atoms with van der Waals surface area (Å²) < 4.78 is 22.0. The fourth-order valence-electron chi connectivity index (χ4n) is 3.87. The Bertz CT molecular complexity index is 1270. The SMILES string of the molecule is CCOCCCC(=O)C1CN(c2nc3c(c(C)c2F)c(=O)c(C(=O)O)cn3-c2nccs2)C1. The van der Waals surface area contributed by atoms with Crippen LogP contribution in [0.25, 0.3) is 16.2 Å². The van der Waals surface area contributed by atoms with Crippen molar-refractivity contribution < 1.29 is 23.8 Å². The van der Waals surface area contributed by atoms with E-state index in [9.17, 15) is 19.5 Å². The van der Waals surface area contributed by atoms with Crippen molar-refractivity contribution >= 4 is 39.9 Å². The minimum absolute atomic E-state index is 0.0138. The number of aromatic carboxylic acids is 1.